The Morgan fingerprint density at radius 2 is 2.14 bits per heavy atom. The lowest BCUT2D eigenvalue weighted by molar-refractivity contribution is -0.497. The van der Waals surface area contributed by atoms with E-state index < -0.39 is 28.6 Å². The molecule has 1 aromatic carbocycles. The molecule has 7 nitrogen and oxygen atoms in total. The Kier molecular flexibility index (Phi) is 4.35. The third kappa shape index (κ3) is 3.34. The van der Waals surface area contributed by atoms with Gasteiger partial charge in [-0.3, -0.25) is 14.9 Å². The predicted octanol–water partition coefficient (Wildman–Crippen LogP) is 3.42. The highest BCUT2D eigenvalue weighted by molar-refractivity contribution is 5.82. The van der Waals surface area contributed by atoms with Crippen molar-refractivity contribution < 1.29 is 22.9 Å². The minimum absolute atomic E-state index is 0.249. The summed E-state index contributed by atoms with van der Waals surface area (Å²) in [6.45, 7) is 0.490. The molecule has 2 heterocycles. The zero-order valence-electron chi connectivity index (χ0n) is 14.6. The van der Waals surface area contributed by atoms with Gasteiger partial charge < -0.3 is 9.88 Å². The molecule has 10 heteroatoms. The SMILES string of the molecule is O=C([C@@H]1C[C@H]1[N+](=O)[O-])N1CCC[C@H]1c1ncc(-c2cccc(C(F)(F)F)c2)[nH]1. The van der Waals surface area contributed by atoms with Crippen LogP contribution in [0.3, 0.4) is 0 Å². The van der Waals surface area contributed by atoms with E-state index in [1.165, 1.54) is 12.3 Å². The Morgan fingerprint density at radius 3 is 2.82 bits per heavy atom. The molecule has 0 unspecified atom stereocenters. The first kappa shape index (κ1) is 18.5. The first-order valence-corrected chi connectivity index (χ1v) is 8.92. The van der Waals surface area contributed by atoms with Gasteiger partial charge in [-0.1, -0.05) is 12.1 Å². The number of halogens is 3. The smallest absolute Gasteiger partial charge is 0.340 e. The summed E-state index contributed by atoms with van der Waals surface area (Å²) in [6, 6.07) is 3.76. The van der Waals surface area contributed by atoms with Gasteiger partial charge in [-0.15, -0.1) is 0 Å². The summed E-state index contributed by atoms with van der Waals surface area (Å²) in [6.07, 6.45) is -1.35. The van der Waals surface area contributed by atoms with Crippen LogP contribution in [0.4, 0.5) is 13.2 Å². The molecule has 1 amide bonds. The lowest BCUT2D eigenvalue weighted by atomic mass is 10.1. The van der Waals surface area contributed by atoms with Gasteiger partial charge in [0.15, 0.2) is 0 Å². The lowest BCUT2D eigenvalue weighted by Crippen LogP contribution is -2.33. The van der Waals surface area contributed by atoms with Crippen LogP contribution in [-0.4, -0.2) is 38.3 Å². The molecule has 4 rings (SSSR count). The number of alkyl halides is 3. The van der Waals surface area contributed by atoms with Gasteiger partial charge in [0.1, 0.15) is 11.7 Å². The van der Waals surface area contributed by atoms with Crippen LogP contribution in [-0.2, 0) is 11.0 Å². The van der Waals surface area contributed by atoms with Gasteiger partial charge >= 0.3 is 6.18 Å². The maximum atomic E-state index is 12.9. The van der Waals surface area contributed by atoms with Crippen LogP contribution < -0.4 is 0 Å². The molecule has 1 aliphatic carbocycles. The molecule has 2 fully saturated rings. The van der Waals surface area contributed by atoms with E-state index in [9.17, 15) is 28.1 Å². The second kappa shape index (κ2) is 6.61. The Hall–Kier alpha value is -2.91. The monoisotopic (exact) mass is 394 g/mol. The highest BCUT2D eigenvalue weighted by atomic mass is 19.4. The number of benzene rings is 1. The third-order valence-electron chi connectivity index (χ3n) is 5.29. The van der Waals surface area contributed by atoms with Crippen LogP contribution in [0.5, 0.6) is 0 Å². The molecule has 1 aliphatic heterocycles. The van der Waals surface area contributed by atoms with Crippen molar-refractivity contribution in [2.75, 3.05) is 6.54 Å². The van der Waals surface area contributed by atoms with E-state index >= 15 is 0 Å². The topological polar surface area (TPSA) is 92.1 Å². The van der Waals surface area contributed by atoms with Crippen molar-refractivity contribution in [3.8, 4) is 11.3 Å². The number of hydrogen-bond acceptors (Lipinski definition) is 4. The Labute approximate surface area is 157 Å². The zero-order chi connectivity index (χ0) is 20.1. The van der Waals surface area contributed by atoms with Gasteiger partial charge in [0.2, 0.25) is 11.9 Å². The highest BCUT2D eigenvalue weighted by Gasteiger charge is 2.55. The van der Waals surface area contributed by atoms with E-state index in [2.05, 4.69) is 9.97 Å². The van der Waals surface area contributed by atoms with Crippen molar-refractivity contribution in [2.24, 2.45) is 5.92 Å². The second-order valence-corrected chi connectivity index (χ2v) is 7.15. The Bertz CT molecular complexity index is 927. The van der Waals surface area contributed by atoms with E-state index in [1.807, 2.05) is 0 Å². The first-order valence-electron chi connectivity index (χ1n) is 8.92. The molecule has 1 aromatic heterocycles. The molecule has 0 spiro atoms. The quantitative estimate of drug-likeness (QED) is 0.635. The number of carbonyl (C=O) groups excluding carboxylic acids is 1. The molecule has 3 atom stereocenters. The van der Waals surface area contributed by atoms with Crippen LogP contribution >= 0.6 is 0 Å². The molecule has 0 radical (unpaired) electrons. The highest BCUT2D eigenvalue weighted by Crippen LogP contribution is 2.40. The van der Waals surface area contributed by atoms with Crippen molar-refractivity contribution in [1.82, 2.24) is 14.9 Å². The number of likely N-dealkylation sites (tertiary alicyclic amines) is 1. The summed E-state index contributed by atoms with van der Waals surface area (Å²) in [5.41, 5.74) is 0.0217. The molecular weight excluding hydrogens is 377 g/mol. The summed E-state index contributed by atoms with van der Waals surface area (Å²) in [7, 11) is 0. The van der Waals surface area contributed by atoms with E-state index in [0.717, 1.165) is 18.6 Å². The number of aromatic amines is 1. The second-order valence-electron chi connectivity index (χ2n) is 7.15. The summed E-state index contributed by atoms with van der Waals surface area (Å²) in [5, 5.41) is 10.8. The minimum atomic E-state index is -4.44. The van der Waals surface area contributed by atoms with Gasteiger partial charge in [-0.2, -0.15) is 13.2 Å². The first-order chi connectivity index (χ1) is 13.3. The number of aromatic nitrogens is 2. The maximum Gasteiger partial charge on any atom is 0.416 e. The molecule has 2 aliphatic rings. The maximum absolute atomic E-state index is 12.9. The fraction of sp³-hybridized carbons (Fsp3) is 0.444. The molecular formula is C18H17F3N4O3. The fourth-order valence-electron chi connectivity index (χ4n) is 3.72. The van der Waals surface area contributed by atoms with Gasteiger partial charge in [-0.25, -0.2) is 4.98 Å². The number of nitro groups is 1. The van der Waals surface area contributed by atoms with Crippen LogP contribution in [0.15, 0.2) is 30.5 Å². The van der Waals surface area contributed by atoms with E-state index in [1.54, 1.807) is 11.0 Å². The summed E-state index contributed by atoms with van der Waals surface area (Å²) in [5.74, 6) is -0.355. The molecule has 1 N–H and O–H groups in total. The molecule has 148 valence electrons. The van der Waals surface area contributed by atoms with Gasteiger partial charge in [0.05, 0.1) is 23.5 Å². The van der Waals surface area contributed by atoms with Crippen LogP contribution in [0, 0.1) is 16.0 Å². The van der Waals surface area contributed by atoms with Crippen LogP contribution in [0.2, 0.25) is 0 Å². The van der Waals surface area contributed by atoms with E-state index in [0.29, 0.717) is 30.0 Å². The van der Waals surface area contributed by atoms with Crippen molar-refractivity contribution >= 4 is 5.91 Å². The average Bonchev–Trinajstić information content (AvgIpc) is 3.07. The molecule has 0 bridgehead atoms. The molecule has 2 aromatic rings. The number of rotatable bonds is 4. The largest absolute Gasteiger partial charge is 0.416 e. The standard InChI is InChI=1S/C18H17F3N4O3/c19-18(20,21)11-4-1-3-10(7-11)13-9-22-16(23-13)14-5-2-6-24(14)17(26)12-8-15(12)25(27)28/h1,3-4,7,9,12,14-15H,2,5-6,8H2,(H,22,23)/t12-,14+,15-/m1/s1. The zero-order valence-corrected chi connectivity index (χ0v) is 14.6. The normalized spacial score (nSPS) is 24.4. The molecule has 1 saturated heterocycles. The number of H-pyrrole nitrogens is 1. The van der Waals surface area contributed by atoms with Crippen molar-refractivity contribution in [3.05, 3.63) is 52.0 Å². The number of carbonyl (C=O) groups is 1. The number of nitrogens with zero attached hydrogens (tertiary/aromatic N) is 3. The Morgan fingerprint density at radius 1 is 1.36 bits per heavy atom. The van der Waals surface area contributed by atoms with Crippen molar-refractivity contribution in [3.63, 3.8) is 0 Å². The minimum Gasteiger partial charge on any atom is -0.340 e. The van der Waals surface area contributed by atoms with Gasteiger partial charge in [-0.05, 0) is 25.0 Å². The predicted molar refractivity (Wildman–Crippen MR) is 91.6 cm³/mol. The summed E-state index contributed by atoms with van der Waals surface area (Å²) >= 11 is 0. The van der Waals surface area contributed by atoms with Gasteiger partial charge in [0, 0.05) is 23.5 Å². The third-order valence-corrected chi connectivity index (χ3v) is 5.29. The van der Waals surface area contributed by atoms with Crippen molar-refractivity contribution in [1.29, 1.82) is 0 Å². The summed E-state index contributed by atoms with van der Waals surface area (Å²) < 4.78 is 38.8. The fourth-order valence-corrected chi connectivity index (χ4v) is 3.72. The number of hydrogen-bond donors (Lipinski definition) is 1. The number of nitrogens with one attached hydrogen (secondary N) is 1. The lowest BCUT2D eigenvalue weighted by Gasteiger charge is -2.22. The number of imidazole rings is 1. The van der Waals surface area contributed by atoms with Crippen molar-refractivity contribution in [2.45, 2.75) is 37.5 Å². The summed E-state index contributed by atoms with van der Waals surface area (Å²) in [4.78, 5) is 31.9. The van der Waals surface area contributed by atoms with Gasteiger partial charge in [0.25, 0.3) is 0 Å². The number of amides is 1. The van der Waals surface area contributed by atoms with E-state index in [-0.39, 0.29) is 18.4 Å². The van der Waals surface area contributed by atoms with Crippen LogP contribution in [0.25, 0.3) is 11.3 Å². The Balaban J connectivity index is 1.54. The van der Waals surface area contributed by atoms with Crippen LogP contribution in [0.1, 0.15) is 36.7 Å². The van der Waals surface area contributed by atoms with E-state index in [4.69, 9.17) is 0 Å². The molecule has 1 saturated carbocycles. The average molecular weight is 394 g/mol. The molecule has 28 heavy (non-hydrogen) atoms.